The summed E-state index contributed by atoms with van der Waals surface area (Å²) in [4.78, 5) is 29.8. The summed E-state index contributed by atoms with van der Waals surface area (Å²) in [7, 11) is 3.07. The largest absolute Gasteiger partial charge is 0.497 e. The van der Waals surface area contributed by atoms with Gasteiger partial charge in [0.15, 0.2) is 0 Å². The van der Waals surface area contributed by atoms with Crippen molar-refractivity contribution < 1.29 is 14.3 Å². The zero-order chi connectivity index (χ0) is 23.2. The van der Waals surface area contributed by atoms with Gasteiger partial charge in [-0.15, -0.1) is 0 Å². The average molecular weight is 444 g/mol. The van der Waals surface area contributed by atoms with Gasteiger partial charge in [0.2, 0.25) is 5.91 Å². The van der Waals surface area contributed by atoms with Crippen molar-refractivity contribution in [3.63, 3.8) is 0 Å². The Morgan fingerprint density at radius 3 is 2.30 bits per heavy atom. The number of para-hydroxylation sites is 1. The van der Waals surface area contributed by atoms with Gasteiger partial charge < -0.3 is 20.1 Å². The molecule has 3 aromatic carbocycles. The van der Waals surface area contributed by atoms with Gasteiger partial charge in [0, 0.05) is 35.8 Å². The number of methoxy groups -OCH3 is 2. The van der Waals surface area contributed by atoms with Gasteiger partial charge in [-0.25, -0.2) is 4.79 Å². The lowest BCUT2D eigenvalue weighted by atomic mass is 10.2. The van der Waals surface area contributed by atoms with Crippen molar-refractivity contribution in [2.75, 3.05) is 24.9 Å². The summed E-state index contributed by atoms with van der Waals surface area (Å²) >= 11 is 0. The van der Waals surface area contributed by atoms with Crippen molar-refractivity contribution in [2.24, 2.45) is 0 Å². The highest BCUT2D eigenvalue weighted by Gasteiger charge is 2.14. The van der Waals surface area contributed by atoms with Gasteiger partial charge in [0.05, 0.1) is 19.7 Å². The van der Waals surface area contributed by atoms with Gasteiger partial charge in [-0.1, -0.05) is 42.5 Å². The molecule has 0 spiro atoms. The van der Waals surface area contributed by atoms with E-state index < -0.39 is 5.69 Å². The van der Waals surface area contributed by atoms with Crippen molar-refractivity contribution in [3.8, 4) is 11.5 Å². The third-order valence-electron chi connectivity index (χ3n) is 5.13. The monoisotopic (exact) mass is 444 g/mol. The lowest BCUT2D eigenvalue weighted by Crippen LogP contribution is -2.30. The van der Waals surface area contributed by atoms with Crippen LogP contribution in [0.15, 0.2) is 77.6 Å². The molecule has 1 amide bonds. The molecule has 0 radical (unpaired) electrons. The molecule has 0 saturated heterocycles. The molecule has 1 aromatic heterocycles. The predicted octanol–water partition coefficient (Wildman–Crippen LogP) is 3.66. The number of carbonyl (C=O) groups excluding carboxylic acids is 1. The van der Waals surface area contributed by atoms with E-state index in [1.807, 2.05) is 48.5 Å². The van der Waals surface area contributed by atoms with E-state index in [1.54, 1.807) is 24.3 Å². The number of ether oxygens (including phenoxy) is 2. The van der Waals surface area contributed by atoms with Crippen LogP contribution in [0.25, 0.3) is 10.9 Å². The summed E-state index contributed by atoms with van der Waals surface area (Å²) in [5.41, 5.74) is 1.68. The van der Waals surface area contributed by atoms with E-state index in [2.05, 4.69) is 15.6 Å². The second-order valence-electron chi connectivity index (χ2n) is 7.33. The second kappa shape index (κ2) is 9.86. The third-order valence-corrected chi connectivity index (χ3v) is 5.13. The first-order chi connectivity index (χ1) is 16.1. The van der Waals surface area contributed by atoms with Gasteiger partial charge in [-0.3, -0.25) is 9.36 Å². The van der Waals surface area contributed by atoms with Crippen LogP contribution in [-0.4, -0.2) is 29.7 Å². The molecule has 0 bridgehead atoms. The fourth-order valence-corrected chi connectivity index (χ4v) is 3.52. The molecule has 0 aliphatic heterocycles. The topological polar surface area (TPSA) is 94.5 Å². The van der Waals surface area contributed by atoms with E-state index in [1.165, 1.54) is 18.8 Å². The Labute approximate surface area is 190 Å². The molecule has 33 heavy (non-hydrogen) atoms. The van der Waals surface area contributed by atoms with Crippen LogP contribution in [0.2, 0.25) is 0 Å². The fraction of sp³-hybridized carbons (Fsp3) is 0.160. The molecular formula is C25H24N4O4. The number of carbonyl (C=O) groups is 1. The van der Waals surface area contributed by atoms with Crippen molar-refractivity contribution in [1.82, 2.24) is 9.55 Å². The smallest absolute Gasteiger partial charge is 0.350 e. The summed E-state index contributed by atoms with van der Waals surface area (Å²) in [5, 5.41) is 6.78. The molecular weight excluding hydrogens is 420 g/mol. The van der Waals surface area contributed by atoms with Crippen LogP contribution in [0, 0.1) is 0 Å². The van der Waals surface area contributed by atoms with Crippen LogP contribution in [0.4, 0.5) is 11.5 Å². The number of benzene rings is 3. The minimum absolute atomic E-state index is 0.190. The number of hydrogen-bond donors (Lipinski definition) is 2. The van der Waals surface area contributed by atoms with Crippen LogP contribution in [0.1, 0.15) is 5.56 Å². The molecule has 0 saturated carbocycles. The van der Waals surface area contributed by atoms with Crippen molar-refractivity contribution in [3.05, 3.63) is 88.8 Å². The molecule has 0 aliphatic carbocycles. The van der Waals surface area contributed by atoms with Crippen molar-refractivity contribution in [1.29, 1.82) is 0 Å². The Bertz CT molecular complexity index is 1310. The van der Waals surface area contributed by atoms with Gasteiger partial charge in [0.25, 0.3) is 0 Å². The lowest BCUT2D eigenvalue weighted by Gasteiger charge is -2.14. The fourth-order valence-electron chi connectivity index (χ4n) is 3.52. The van der Waals surface area contributed by atoms with E-state index in [-0.39, 0.29) is 12.5 Å². The van der Waals surface area contributed by atoms with Crippen molar-refractivity contribution >= 4 is 28.3 Å². The first kappa shape index (κ1) is 21.9. The van der Waals surface area contributed by atoms with Gasteiger partial charge in [-0.2, -0.15) is 4.98 Å². The molecule has 2 N–H and O–H groups in total. The van der Waals surface area contributed by atoms with E-state index in [9.17, 15) is 9.59 Å². The number of anilines is 2. The Kier molecular flexibility index (Phi) is 6.54. The van der Waals surface area contributed by atoms with Crippen LogP contribution < -0.4 is 25.8 Å². The molecule has 8 nitrogen and oxygen atoms in total. The van der Waals surface area contributed by atoms with E-state index in [4.69, 9.17) is 9.47 Å². The normalized spacial score (nSPS) is 10.6. The molecule has 4 aromatic rings. The molecule has 8 heteroatoms. The van der Waals surface area contributed by atoms with E-state index >= 15 is 0 Å². The van der Waals surface area contributed by atoms with E-state index in [0.29, 0.717) is 35.1 Å². The van der Waals surface area contributed by atoms with Crippen LogP contribution in [0.3, 0.4) is 0 Å². The number of hydrogen-bond acceptors (Lipinski definition) is 6. The van der Waals surface area contributed by atoms with Crippen LogP contribution >= 0.6 is 0 Å². The molecule has 0 fully saturated rings. The van der Waals surface area contributed by atoms with Gasteiger partial charge in [-0.05, 0) is 17.7 Å². The number of amides is 1. The summed E-state index contributed by atoms with van der Waals surface area (Å²) in [6.45, 7) is 0.338. The first-order valence-corrected chi connectivity index (χ1v) is 10.4. The first-order valence-electron chi connectivity index (χ1n) is 10.4. The van der Waals surface area contributed by atoms with E-state index in [0.717, 1.165) is 10.9 Å². The zero-order valence-electron chi connectivity index (χ0n) is 18.4. The molecule has 0 unspecified atom stereocenters. The standard InChI is InChI=1S/C25H24N4O4/c1-32-19-12-18(13-20(14-19)33-2)27-23(30)16-29-22-11-7-6-10-21(22)24(28-25(29)31)26-15-17-8-4-3-5-9-17/h3-14H,15-16H2,1-2H3,(H,27,30)(H,26,28,31). The minimum Gasteiger partial charge on any atom is -0.497 e. The quantitative estimate of drug-likeness (QED) is 0.431. The highest BCUT2D eigenvalue weighted by molar-refractivity contribution is 5.94. The lowest BCUT2D eigenvalue weighted by molar-refractivity contribution is -0.116. The molecule has 1 heterocycles. The van der Waals surface area contributed by atoms with Crippen LogP contribution in [0.5, 0.6) is 11.5 Å². The summed E-state index contributed by atoms with van der Waals surface area (Å²) in [5.74, 6) is 1.20. The zero-order valence-corrected chi connectivity index (χ0v) is 18.4. The SMILES string of the molecule is COc1cc(NC(=O)Cn2c(=O)nc(NCc3ccccc3)c3ccccc32)cc(OC)c1. The molecule has 0 atom stereocenters. The number of aromatic nitrogens is 2. The number of nitrogens with zero attached hydrogens (tertiary/aromatic N) is 2. The highest BCUT2D eigenvalue weighted by atomic mass is 16.5. The predicted molar refractivity (Wildman–Crippen MR) is 128 cm³/mol. The Morgan fingerprint density at radius 2 is 1.61 bits per heavy atom. The number of nitrogens with one attached hydrogen (secondary N) is 2. The number of rotatable bonds is 8. The molecule has 168 valence electrons. The van der Waals surface area contributed by atoms with Crippen LogP contribution in [-0.2, 0) is 17.9 Å². The summed E-state index contributed by atoms with van der Waals surface area (Å²) in [6, 6.07) is 22.3. The van der Waals surface area contributed by atoms with Crippen molar-refractivity contribution in [2.45, 2.75) is 13.1 Å². The Hall–Kier alpha value is -4.33. The van der Waals surface area contributed by atoms with Gasteiger partial charge in [0.1, 0.15) is 23.9 Å². The third kappa shape index (κ3) is 5.12. The van der Waals surface area contributed by atoms with Gasteiger partial charge >= 0.3 is 5.69 Å². The maximum atomic E-state index is 12.8. The Morgan fingerprint density at radius 1 is 0.939 bits per heavy atom. The maximum Gasteiger partial charge on any atom is 0.350 e. The highest BCUT2D eigenvalue weighted by Crippen LogP contribution is 2.26. The average Bonchev–Trinajstić information content (AvgIpc) is 2.85. The molecule has 4 rings (SSSR count). The number of fused-ring (bicyclic) bond motifs is 1. The minimum atomic E-state index is -0.511. The Balaban J connectivity index is 1.59. The second-order valence-corrected chi connectivity index (χ2v) is 7.33. The summed E-state index contributed by atoms with van der Waals surface area (Å²) < 4.78 is 11.8. The molecule has 0 aliphatic rings. The maximum absolute atomic E-state index is 12.8. The summed E-state index contributed by atoms with van der Waals surface area (Å²) in [6.07, 6.45) is 0.